The summed E-state index contributed by atoms with van der Waals surface area (Å²) in [4.78, 5) is 15.9. The average molecular weight is 236 g/mol. The van der Waals surface area contributed by atoms with Crippen LogP contribution in [-0.4, -0.2) is 41.1 Å². The predicted molar refractivity (Wildman–Crippen MR) is 49.6 cm³/mol. The fourth-order valence-corrected chi connectivity index (χ4v) is 0.781. The van der Waals surface area contributed by atoms with Gasteiger partial charge in [0.2, 0.25) is 0 Å². The van der Waals surface area contributed by atoms with Crippen LogP contribution in [0.2, 0.25) is 0 Å². The smallest absolute Gasteiger partial charge is 0.511 e. The molecule has 0 aromatic carbocycles. The van der Waals surface area contributed by atoms with E-state index in [9.17, 15) is 8.92 Å². The lowest BCUT2D eigenvalue weighted by molar-refractivity contribution is 0.248. The zero-order chi connectivity index (χ0) is 11.4. The van der Waals surface area contributed by atoms with Crippen LogP contribution in [0.1, 0.15) is 0 Å². The summed E-state index contributed by atoms with van der Waals surface area (Å²) in [5.41, 5.74) is 0. The zero-order valence-corrected chi connectivity index (χ0v) is 9.51. The van der Waals surface area contributed by atoms with E-state index >= 15 is 0 Å². The molecule has 0 saturated heterocycles. The van der Waals surface area contributed by atoms with Crippen molar-refractivity contribution in [3.05, 3.63) is 25.3 Å². The Bertz CT molecular complexity index is 182. The van der Waals surface area contributed by atoms with E-state index in [1.54, 1.807) is 0 Å². The van der Waals surface area contributed by atoms with Crippen LogP contribution >= 0.6 is 0 Å². The van der Waals surface area contributed by atoms with E-state index in [-0.39, 0.29) is 13.2 Å². The molecule has 8 heteroatoms. The van der Waals surface area contributed by atoms with Crippen molar-refractivity contribution < 1.29 is 27.4 Å². The van der Waals surface area contributed by atoms with E-state index in [0.29, 0.717) is 0 Å². The van der Waals surface area contributed by atoms with Gasteiger partial charge in [-0.25, -0.2) is 0 Å². The van der Waals surface area contributed by atoms with Crippen LogP contribution in [0, 0.1) is 0 Å². The Morgan fingerprint density at radius 3 is 1.36 bits per heavy atom. The van der Waals surface area contributed by atoms with Crippen LogP contribution in [0.15, 0.2) is 25.3 Å². The molecule has 0 aromatic heterocycles. The average Bonchev–Trinajstić information content (AvgIpc) is 2.12. The van der Waals surface area contributed by atoms with Crippen molar-refractivity contribution in [2.24, 2.45) is 0 Å². The van der Waals surface area contributed by atoms with Crippen LogP contribution in [0.5, 0.6) is 0 Å². The molecule has 0 heterocycles. The summed E-state index contributed by atoms with van der Waals surface area (Å²) in [6, 6.07) is 0. The normalized spacial score (nSPS) is 7.43. The minimum absolute atomic E-state index is 0.147. The quantitative estimate of drug-likeness (QED) is 0.463. The Balaban J connectivity index is 0. The molecule has 0 aliphatic rings. The molecule has 2 N–H and O–H groups in total. The second-order valence-corrected chi connectivity index (χ2v) is 3.37. The number of hydrogen-bond acceptors (Lipinski definition) is 4. The van der Waals surface area contributed by atoms with E-state index in [4.69, 9.17) is 9.59 Å². The minimum atomic E-state index is -2.72. The highest BCUT2D eigenvalue weighted by Gasteiger charge is 1.98. The molecule has 0 fully saturated rings. The van der Waals surface area contributed by atoms with Gasteiger partial charge in [-0.2, -0.15) is 0 Å². The topological polar surface area (TPSA) is 93.1 Å². The van der Waals surface area contributed by atoms with Crippen LogP contribution in [0.4, 0.5) is 0 Å². The summed E-state index contributed by atoms with van der Waals surface area (Å²) >= 11 is 0. The molecule has 80 valence electrons. The van der Waals surface area contributed by atoms with Crippen LogP contribution in [0.3, 0.4) is 0 Å². The maximum atomic E-state index is 9.67. The Morgan fingerprint density at radius 2 is 1.29 bits per heavy atom. The summed E-state index contributed by atoms with van der Waals surface area (Å²) < 4.78 is 27.7. The molecule has 0 radical (unpaired) electrons. The van der Waals surface area contributed by atoms with Crippen molar-refractivity contribution in [2.75, 3.05) is 13.2 Å². The fraction of sp³-hybridized carbons (Fsp3) is 0.333. The van der Waals surface area contributed by atoms with Gasteiger partial charge < -0.3 is 18.4 Å². The van der Waals surface area contributed by atoms with Crippen LogP contribution in [0.25, 0.3) is 0 Å². The number of hydrogen-bond donors (Lipinski definition) is 2. The maximum absolute atomic E-state index is 9.67. The third-order valence-corrected chi connectivity index (χ3v) is 1.48. The van der Waals surface area contributed by atoms with Gasteiger partial charge in [-0.15, -0.1) is 0 Å². The molecule has 14 heavy (non-hydrogen) atoms. The summed E-state index contributed by atoms with van der Waals surface area (Å²) in [5.74, 6) is 0. The van der Waals surface area contributed by atoms with Crippen molar-refractivity contribution in [1.29, 1.82) is 0 Å². The largest absolute Gasteiger partial charge is 0.764 e. The van der Waals surface area contributed by atoms with Crippen molar-refractivity contribution in [1.82, 2.24) is 0 Å². The fourth-order valence-electron chi connectivity index (χ4n) is 0.260. The molecule has 0 atom stereocenters. The SMILES string of the molecule is C=CCO[Si](=O)O.C=CCO[Si](=O)O. The summed E-state index contributed by atoms with van der Waals surface area (Å²) in [6.45, 7) is 6.84. The Labute approximate surface area is 84.9 Å². The lowest BCUT2D eigenvalue weighted by atomic mass is 10.7. The summed E-state index contributed by atoms with van der Waals surface area (Å²) in [6.07, 6.45) is 2.83. The van der Waals surface area contributed by atoms with E-state index in [0.717, 1.165) is 0 Å². The molecule has 6 nitrogen and oxygen atoms in total. The van der Waals surface area contributed by atoms with Gasteiger partial charge in [-0.1, -0.05) is 25.3 Å². The Kier molecular flexibility index (Phi) is 12.7. The van der Waals surface area contributed by atoms with Gasteiger partial charge in [0.1, 0.15) is 0 Å². The monoisotopic (exact) mass is 236 g/mol. The van der Waals surface area contributed by atoms with Gasteiger partial charge in [-0.05, 0) is 0 Å². The first-order chi connectivity index (χ1) is 6.54. The summed E-state index contributed by atoms with van der Waals surface area (Å²) in [7, 11) is -5.44. The van der Waals surface area contributed by atoms with Gasteiger partial charge >= 0.3 is 18.3 Å². The van der Waals surface area contributed by atoms with Gasteiger partial charge in [-0.3, -0.25) is 8.92 Å². The van der Waals surface area contributed by atoms with Crippen molar-refractivity contribution >= 4 is 18.3 Å². The predicted octanol–water partition coefficient (Wildman–Crippen LogP) is -0.807. The molecule has 0 bridgehead atoms. The Morgan fingerprint density at radius 1 is 1.00 bits per heavy atom. The third-order valence-electron chi connectivity index (χ3n) is 0.649. The molecule has 0 unspecified atom stereocenters. The first-order valence-electron chi connectivity index (χ1n) is 3.47. The lowest BCUT2D eigenvalue weighted by Crippen LogP contribution is -2.04. The molecule has 0 rings (SSSR count). The standard InChI is InChI=1S/2C3H6O3Si/c2*1-2-3-6-7(4)5/h2*2,4H,1,3H2. The first-order valence-corrected chi connectivity index (χ1v) is 6.00. The van der Waals surface area contributed by atoms with Gasteiger partial charge in [0.05, 0.1) is 13.2 Å². The molecular formula is C6H12O6Si2. The second-order valence-electron chi connectivity index (χ2n) is 1.73. The molecule has 0 spiro atoms. The van der Waals surface area contributed by atoms with Crippen molar-refractivity contribution in [3.8, 4) is 0 Å². The second kappa shape index (κ2) is 11.7. The maximum Gasteiger partial charge on any atom is 0.764 e. The van der Waals surface area contributed by atoms with Gasteiger partial charge in [0, 0.05) is 0 Å². The first kappa shape index (κ1) is 15.2. The van der Waals surface area contributed by atoms with E-state index in [2.05, 4.69) is 22.0 Å². The highest BCUT2D eigenvalue weighted by atomic mass is 28.3. The van der Waals surface area contributed by atoms with E-state index in [1.165, 1.54) is 12.2 Å². The van der Waals surface area contributed by atoms with Gasteiger partial charge in [0.25, 0.3) is 0 Å². The molecule has 0 aromatic rings. The molecule has 0 aliphatic heterocycles. The van der Waals surface area contributed by atoms with E-state index in [1.807, 2.05) is 0 Å². The van der Waals surface area contributed by atoms with Gasteiger partial charge in [0.15, 0.2) is 0 Å². The van der Waals surface area contributed by atoms with E-state index < -0.39 is 18.3 Å². The van der Waals surface area contributed by atoms with Crippen molar-refractivity contribution in [3.63, 3.8) is 0 Å². The molecule has 0 saturated carbocycles. The molecule has 0 aliphatic carbocycles. The number of rotatable bonds is 6. The minimum Gasteiger partial charge on any atom is -0.511 e. The lowest BCUT2D eigenvalue weighted by Gasteiger charge is -1.88. The van der Waals surface area contributed by atoms with Crippen LogP contribution < -0.4 is 0 Å². The van der Waals surface area contributed by atoms with Crippen molar-refractivity contribution in [2.45, 2.75) is 0 Å². The zero-order valence-electron chi connectivity index (χ0n) is 7.51. The third kappa shape index (κ3) is 22.4. The molecular weight excluding hydrogens is 224 g/mol. The Hall–Kier alpha value is -1.29. The molecule has 0 amide bonds. The highest BCUT2D eigenvalue weighted by molar-refractivity contribution is 6.24. The summed E-state index contributed by atoms with van der Waals surface area (Å²) in [5, 5.41) is 0. The van der Waals surface area contributed by atoms with Crippen LogP contribution in [-0.2, 0) is 17.8 Å². The highest BCUT2D eigenvalue weighted by Crippen LogP contribution is 1.69.